The van der Waals surface area contributed by atoms with E-state index in [2.05, 4.69) is 47.3 Å². The molecule has 1 saturated carbocycles. The highest BCUT2D eigenvalue weighted by molar-refractivity contribution is 5.83. The standard InChI is InChI=1S/C19H28N2/c1-2-3-14-21-15-16(18-9-4-5-10-19(18)21)8-6-7-13-20-17-11-12-17/h4-5,9-10,15,17,20H,2-3,6-8,11-14H2,1H3. The highest BCUT2D eigenvalue weighted by Crippen LogP contribution is 2.23. The van der Waals surface area contributed by atoms with E-state index in [9.17, 15) is 0 Å². The van der Waals surface area contributed by atoms with Crippen LogP contribution >= 0.6 is 0 Å². The summed E-state index contributed by atoms with van der Waals surface area (Å²) in [6, 6.07) is 9.73. The van der Waals surface area contributed by atoms with Crippen LogP contribution in [0, 0.1) is 0 Å². The predicted molar refractivity (Wildman–Crippen MR) is 90.8 cm³/mol. The predicted octanol–water partition coefficient (Wildman–Crippen LogP) is 4.52. The Labute approximate surface area is 128 Å². The van der Waals surface area contributed by atoms with Crippen LogP contribution in [0.25, 0.3) is 10.9 Å². The van der Waals surface area contributed by atoms with Crippen molar-refractivity contribution >= 4 is 10.9 Å². The lowest BCUT2D eigenvalue weighted by atomic mass is 10.1. The van der Waals surface area contributed by atoms with Crippen molar-refractivity contribution in [3.05, 3.63) is 36.0 Å². The molecule has 3 rings (SSSR count). The Kier molecular flexibility index (Phi) is 4.97. The van der Waals surface area contributed by atoms with Gasteiger partial charge in [-0.2, -0.15) is 0 Å². The molecule has 2 nitrogen and oxygen atoms in total. The molecule has 0 atom stereocenters. The van der Waals surface area contributed by atoms with Crippen molar-refractivity contribution in [2.24, 2.45) is 0 Å². The van der Waals surface area contributed by atoms with Crippen LogP contribution in [0.15, 0.2) is 30.5 Å². The normalized spacial score (nSPS) is 14.9. The first kappa shape index (κ1) is 14.6. The number of rotatable bonds is 9. The van der Waals surface area contributed by atoms with E-state index in [0.717, 1.165) is 12.6 Å². The van der Waals surface area contributed by atoms with Gasteiger partial charge in [-0.05, 0) is 56.7 Å². The summed E-state index contributed by atoms with van der Waals surface area (Å²) >= 11 is 0. The molecular formula is C19H28N2. The summed E-state index contributed by atoms with van der Waals surface area (Å²) in [6.07, 6.45) is 11.5. The van der Waals surface area contributed by atoms with Gasteiger partial charge in [0.2, 0.25) is 0 Å². The molecule has 0 amide bonds. The van der Waals surface area contributed by atoms with E-state index in [4.69, 9.17) is 0 Å². The molecule has 0 aliphatic heterocycles. The highest BCUT2D eigenvalue weighted by atomic mass is 15.0. The molecule has 0 unspecified atom stereocenters. The molecule has 2 aromatic rings. The first-order chi connectivity index (χ1) is 10.4. The molecule has 0 bridgehead atoms. The van der Waals surface area contributed by atoms with Gasteiger partial charge in [0.25, 0.3) is 0 Å². The van der Waals surface area contributed by atoms with Gasteiger partial charge in [-0.25, -0.2) is 0 Å². The first-order valence-corrected chi connectivity index (χ1v) is 8.68. The minimum Gasteiger partial charge on any atom is -0.347 e. The summed E-state index contributed by atoms with van der Waals surface area (Å²) in [7, 11) is 0. The summed E-state index contributed by atoms with van der Waals surface area (Å²) in [5.41, 5.74) is 2.95. The number of aryl methyl sites for hydroxylation is 2. The fourth-order valence-corrected chi connectivity index (χ4v) is 3.07. The lowest BCUT2D eigenvalue weighted by Crippen LogP contribution is -2.17. The summed E-state index contributed by atoms with van der Waals surface area (Å²) in [4.78, 5) is 0. The molecule has 1 fully saturated rings. The molecule has 1 N–H and O–H groups in total. The van der Waals surface area contributed by atoms with Crippen LogP contribution in [0.4, 0.5) is 0 Å². The molecule has 0 spiro atoms. The molecular weight excluding hydrogens is 256 g/mol. The van der Waals surface area contributed by atoms with E-state index in [-0.39, 0.29) is 0 Å². The van der Waals surface area contributed by atoms with Crippen molar-refractivity contribution in [1.82, 2.24) is 9.88 Å². The number of unbranched alkanes of at least 4 members (excludes halogenated alkanes) is 2. The Balaban J connectivity index is 1.60. The lowest BCUT2D eigenvalue weighted by molar-refractivity contribution is 0.617. The van der Waals surface area contributed by atoms with Crippen LogP contribution < -0.4 is 5.32 Å². The Morgan fingerprint density at radius 1 is 1.14 bits per heavy atom. The largest absolute Gasteiger partial charge is 0.347 e. The van der Waals surface area contributed by atoms with Gasteiger partial charge in [-0.1, -0.05) is 31.5 Å². The van der Waals surface area contributed by atoms with Crippen molar-refractivity contribution in [3.8, 4) is 0 Å². The highest BCUT2D eigenvalue weighted by Gasteiger charge is 2.19. The number of aromatic nitrogens is 1. The fraction of sp³-hybridized carbons (Fsp3) is 0.579. The Morgan fingerprint density at radius 3 is 2.81 bits per heavy atom. The Bertz CT molecular complexity index is 566. The van der Waals surface area contributed by atoms with Crippen LogP contribution in [0.1, 0.15) is 51.0 Å². The van der Waals surface area contributed by atoms with Gasteiger partial charge in [-0.15, -0.1) is 0 Å². The van der Waals surface area contributed by atoms with E-state index in [1.807, 2.05) is 0 Å². The zero-order valence-corrected chi connectivity index (χ0v) is 13.3. The minimum atomic E-state index is 0.848. The van der Waals surface area contributed by atoms with Crippen LogP contribution in [0.2, 0.25) is 0 Å². The lowest BCUT2D eigenvalue weighted by Gasteiger charge is -2.03. The van der Waals surface area contributed by atoms with Gasteiger partial charge >= 0.3 is 0 Å². The maximum Gasteiger partial charge on any atom is 0.0483 e. The van der Waals surface area contributed by atoms with Gasteiger partial charge in [0.15, 0.2) is 0 Å². The fourth-order valence-electron chi connectivity index (χ4n) is 3.07. The molecule has 21 heavy (non-hydrogen) atoms. The van der Waals surface area contributed by atoms with Crippen LogP contribution in [0.3, 0.4) is 0 Å². The third kappa shape index (κ3) is 3.88. The monoisotopic (exact) mass is 284 g/mol. The number of hydrogen-bond acceptors (Lipinski definition) is 1. The van der Waals surface area contributed by atoms with E-state index in [0.29, 0.717) is 0 Å². The van der Waals surface area contributed by atoms with Gasteiger partial charge in [0.1, 0.15) is 0 Å². The average Bonchev–Trinajstić information content (AvgIpc) is 3.27. The van der Waals surface area contributed by atoms with Gasteiger partial charge < -0.3 is 9.88 Å². The number of para-hydroxylation sites is 1. The summed E-state index contributed by atoms with van der Waals surface area (Å²) in [6.45, 7) is 4.61. The SMILES string of the molecule is CCCCn1cc(CCCCNC2CC2)c2ccccc21. The van der Waals surface area contributed by atoms with E-state index in [1.54, 1.807) is 0 Å². The van der Waals surface area contributed by atoms with Crippen LogP contribution in [0.5, 0.6) is 0 Å². The smallest absolute Gasteiger partial charge is 0.0483 e. The molecule has 114 valence electrons. The average molecular weight is 284 g/mol. The van der Waals surface area contributed by atoms with Crippen LogP contribution in [-0.2, 0) is 13.0 Å². The second kappa shape index (κ2) is 7.13. The van der Waals surface area contributed by atoms with Crippen molar-refractivity contribution in [1.29, 1.82) is 0 Å². The number of nitrogens with one attached hydrogen (secondary N) is 1. The van der Waals surface area contributed by atoms with Gasteiger partial charge in [0, 0.05) is 29.7 Å². The van der Waals surface area contributed by atoms with Gasteiger partial charge in [-0.3, -0.25) is 0 Å². The Hall–Kier alpha value is -1.28. The maximum atomic E-state index is 3.61. The third-order valence-corrected chi connectivity index (χ3v) is 4.51. The number of benzene rings is 1. The van der Waals surface area contributed by atoms with Crippen molar-refractivity contribution in [2.75, 3.05) is 6.54 Å². The molecule has 2 heteroatoms. The van der Waals surface area contributed by atoms with Crippen molar-refractivity contribution in [3.63, 3.8) is 0 Å². The first-order valence-electron chi connectivity index (χ1n) is 8.68. The zero-order chi connectivity index (χ0) is 14.5. The Morgan fingerprint density at radius 2 is 2.00 bits per heavy atom. The zero-order valence-electron chi connectivity index (χ0n) is 13.3. The second-order valence-electron chi connectivity index (χ2n) is 6.40. The third-order valence-electron chi connectivity index (χ3n) is 4.51. The minimum absolute atomic E-state index is 0.848. The van der Waals surface area contributed by atoms with Crippen molar-refractivity contribution < 1.29 is 0 Å². The molecule has 1 aromatic heterocycles. The molecule has 1 heterocycles. The molecule has 1 aliphatic carbocycles. The molecule has 0 radical (unpaired) electrons. The second-order valence-corrected chi connectivity index (χ2v) is 6.40. The maximum absolute atomic E-state index is 3.61. The molecule has 1 aliphatic rings. The summed E-state index contributed by atoms with van der Waals surface area (Å²) < 4.78 is 2.45. The van der Waals surface area contributed by atoms with Crippen LogP contribution in [-0.4, -0.2) is 17.2 Å². The topological polar surface area (TPSA) is 17.0 Å². The van der Waals surface area contributed by atoms with E-state index >= 15 is 0 Å². The number of nitrogens with zero attached hydrogens (tertiary/aromatic N) is 1. The van der Waals surface area contributed by atoms with Gasteiger partial charge in [0.05, 0.1) is 0 Å². The molecule has 0 saturated heterocycles. The number of hydrogen-bond donors (Lipinski definition) is 1. The summed E-state index contributed by atoms with van der Waals surface area (Å²) in [5, 5.41) is 5.07. The number of fused-ring (bicyclic) bond motifs is 1. The van der Waals surface area contributed by atoms with E-state index < -0.39 is 0 Å². The van der Waals surface area contributed by atoms with E-state index in [1.165, 1.54) is 68.0 Å². The summed E-state index contributed by atoms with van der Waals surface area (Å²) in [5.74, 6) is 0. The molecule has 1 aromatic carbocycles. The van der Waals surface area contributed by atoms with Crippen molar-refractivity contribution in [2.45, 2.75) is 64.5 Å². The quantitative estimate of drug-likeness (QED) is 0.670.